The van der Waals surface area contributed by atoms with Crippen molar-refractivity contribution in [3.8, 4) is 0 Å². The van der Waals surface area contributed by atoms with E-state index in [2.05, 4.69) is 29.3 Å². The van der Waals surface area contributed by atoms with Gasteiger partial charge in [-0.3, -0.25) is 4.90 Å². The standard InChI is InChI=1S/C16H26N2O2/c1-2-17-16(14-19,15-6-4-3-5-7-15)8-9-18-10-12-20-13-11-18/h3-7,17,19H,2,8-14H2,1H3. The number of hydrogen-bond donors (Lipinski definition) is 2. The Hall–Kier alpha value is -0.940. The minimum atomic E-state index is -0.339. The molecule has 4 heteroatoms. The number of ether oxygens (including phenoxy) is 1. The van der Waals surface area contributed by atoms with Crippen LogP contribution in [0.25, 0.3) is 0 Å². The zero-order valence-electron chi connectivity index (χ0n) is 12.3. The number of morpholine rings is 1. The fourth-order valence-corrected chi connectivity index (χ4v) is 2.83. The molecule has 20 heavy (non-hydrogen) atoms. The first-order valence-electron chi connectivity index (χ1n) is 7.52. The first kappa shape index (κ1) is 15.4. The van der Waals surface area contributed by atoms with E-state index < -0.39 is 0 Å². The molecule has 1 aromatic rings. The maximum atomic E-state index is 9.98. The van der Waals surface area contributed by atoms with Crippen LogP contribution in [0.5, 0.6) is 0 Å². The van der Waals surface area contributed by atoms with Crippen LogP contribution in [0.4, 0.5) is 0 Å². The smallest absolute Gasteiger partial charge is 0.0681 e. The zero-order chi connectivity index (χ0) is 14.3. The summed E-state index contributed by atoms with van der Waals surface area (Å²) in [5.74, 6) is 0. The Morgan fingerprint density at radius 1 is 1.25 bits per heavy atom. The molecule has 1 heterocycles. The summed E-state index contributed by atoms with van der Waals surface area (Å²) >= 11 is 0. The maximum absolute atomic E-state index is 9.98. The SMILES string of the molecule is CCNC(CO)(CCN1CCOCC1)c1ccccc1. The molecular formula is C16H26N2O2. The summed E-state index contributed by atoms with van der Waals surface area (Å²) in [5, 5.41) is 13.5. The first-order chi connectivity index (χ1) is 9.80. The van der Waals surface area contributed by atoms with Gasteiger partial charge in [0.25, 0.3) is 0 Å². The lowest BCUT2D eigenvalue weighted by Crippen LogP contribution is -2.49. The van der Waals surface area contributed by atoms with E-state index in [-0.39, 0.29) is 12.1 Å². The Morgan fingerprint density at radius 2 is 1.95 bits per heavy atom. The maximum Gasteiger partial charge on any atom is 0.0681 e. The number of aliphatic hydroxyl groups is 1. The van der Waals surface area contributed by atoms with Crippen molar-refractivity contribution in [2.45, 2.75) is 18.9 Å². The highest BCUT2D eigenvalue weighted by Crippen LogP contribution is 2.25. The Labute approximate surface area is 121 Å². The Kier molecular flexibility index (Phi) is 5.98. The van der Waals surface area contributed by atoms with E-state index in [9.17, 15) is 5.11 Å². The average molecular weight is 278 g/mol. The number of likely N-dealkylation sites (N-methyl/N-ethyl adjacent to an activating group) is 1. The van der Waals surface area contributed by atoms with E-state index in [0.29, 0.717) is 0 Å². The number of rotatable bonds is 7. The van der Waals surface area contributed by atoms with Crippen LogP contribution in [-0.4, -0.2) is 56.0 Å². The largest absolute Gasteiger partial charge is 0.394 e. The van der Waals surface area contributed by atoms with Crippen LogP contribution in [0.2, 0.25) is 0 Å². The van der Waals surface area contributed by atoms with E-state index in [1.54, 1.807) is 0 Å². The highest BCUT2D eigenvalue weighted by Gasteiger charge is 2.31. The Balaban J connectivity index is 2.06. The lowest BCUT2D eigenvalue weighted by molar-refractivity contribution is 0.0298. The normalized spacial score (nSPS) is 19.7. The van der Waals surface area contributed by atoms with Gasteiger partial charge in [0.05, 0.1) is 25.4 Å². The molecule has 2 rings (SSSR count). The summed E-state index contributed by atoms with van der Waals surface area (Å²) in [6.07, 6.45) is 0.904. The van der Waals surface area contributed by atoms with Crippen LogP contribution in [0.15, 0.2) is 30.3 Å². The molecule has 0 radical (unpaired) electrons. The van der Waals surface area contributed by atoms with Gasteiger partial charge in [-0.25, -0.2) is 0 Å². The monoisotopic (exact) mass is 278 g/mol. The highest BCUT2D eigenvalue weighted by molar-refractivity contribution is 5.24. The average Bonchev–Trinajstić information content (AvgIpc) is 2.53. The summed E-state index contributed by atoms with van der Waals surface area (Å²) in [6, 6.07) is 10.3. The molecule has 4 nitrogen and oxygen atoms in total. The van der Waals surface area contributed by atoms with Gasteiger partial charge in [-0.1, -0.05) is 37.3 Å². The van der Waals surface area contributed by atoms with Crippen LogP contribution >= 0.6 is 0 Å². The molecule has 0 aromatic heterocycles. The van der Waals surface area contributed by atoms with E-state index >= 15 is 0 Å². The molecule has 1 saturated heterocycles. The van der Waals surface area contributed by atoms with Gasteiger partial charge in [-0.15, -0.1) is 0 Å². The van der Waals surface area contributed by atoms with Gasteiger partial charge in [-0.05, 0) is 18.5 Å². The molecule has 1 aliphatic rings. The predicted molar refractivity (Wildman–Crippen MR) is 80.8 cm³/mol. The van der Waals surface area contributed by atoms with Crippen molar-refractivity contribution in [2.75, 3.05) is 46.0 Å². The zero-order valence-corrected chi connectivity index (χ0v) is 12.3. The van der Waals surface area contributed by atoms with Crippen LogP contribution in [-0.2, 0) is 10.3 Å². The van der Waals surface area contributed by atoms with Crippen molar-refractivity contribution >= 4 is 0 Å². The third kappa shape index (κ3) is 3.79. The van der Waals surface area contributed by atoms with Gasteiger partial charge in [0.1, 0.15) is 0 Å². The fraction of sp³-hybridized carbons (Fsp3) is 0.625. The molecule has 1 fully saturated rings. The number of nitrogens with zero attached hydrogens (tertiary/aromatic N) is 1. The van der Waals surface area contributed by atoms with Crippen molar-refractivity contribution in [1.82, 2.24) is 10.2 Å². The van der Waals surface area contributed by atoms with Gasteiger partial charge in [0, 0.05) is 19.6 Å². The van der Waals surface area contributed by atoms with Crippen molar-refractivity contribution in [2.24, 2.45) is 0 Å². The highest BCUT2D eigenvalue weighted by atomic mass is 16.5. The number of nitrogens with one attached hydrogen (secondary N) is 1. The number of hydrogen-bond acceptors (Lipinski definition) is 4. The van der Waals surface area contributed by atoms with Crippen molar-refractivity contribution in [3.05, 3.63) is 35.9 Å². The summed E-state index contributed by atoms with van der Waals surface area (Å²) in [6.45, 7) is 7.64. The summed E-state index contributed by atoms with van der Waals surface area (Å²) in [7, 11) is 0. The molecule has 0 spiro atoms. The van der Waals surface area contributed by atoms with Crippen LogP contribution in [0.1, 0.15) is 18.9 Å². The lowest BCUT2D eigenvalue weighted by Gasteiger charge is -2.36. The summed E-state index contributed by atoms with van der Waals surface area (Å²) in [4.78, 5) is 2.41. The molecular weight excluding hydrogens is 252 g/mol. The topological polar surface area (TPSA) is 44.7 Å². The Bertz CT molecular complexity index is 379. The quantitative estimate of drug-likeness (QED) is 0.787. The lowest BCUT2D eigenvalue weighted by atomic mass is 9.87. The van der Waals surface area contributed by atoms with Gasteiger partial charge in [-0.2, -0.15) is 0 Å². The molecule has 0 saturated carbocycles. The fourth-order valence-electron chi connectivity index (χ4n) is 2.83. The summed E-state index contributed by atoms with van der Waals surface area (Å²) in [5.41, 5.74) is 0.825. The Morgan fingerprint density at radius 3 is 2.55 bits per heavy atom. The van der Waals surface area contributed by atoms with Crippen molar-refractivity contribution in [1.29, 1.82) is 0 Å². The number of aliphatic hydroxyl groups excluding tert-OH is 1. The third-order valence-corrected chi connectivity index (χ3v) is 4.07. The van der Waals surface area contributed by atoms with Crippen molar-refractivity contribution in [3.63, 3.8) is 0 Å². The van der Waals surface area contributed by atoms with Gasteiger partial charge >= 0.3 is 0 Å². The van der Waals surface area contributed by atoms with E-state index in [0.717, 1.165) is 51.4 Å². The molecule has 1 aromatic carbocycles. The minimum Gasteiger partial charge on any atom is -0.394 e. The molecule has 0 aliphatic carbocycles. The molecule has 0 bridgehead atoms. The van der Waals surface area contributed by atoms with Gasteiger partial charge in [0.15, 0.2) is 0 Å². The molecule has 1 aliphatic heterocycles. The van der Waals surface area contributed by atoms with E-state index in [1.165, 1.54) is 0 Å². The molecule has 1 unspecified atom stereocenters. The van der Waals surface area contributed by atoms with Crippen LogP contribution < -0.4 is 5.32 Å². The van der Waals surface area contributed by atoms with Crippen LogP contribution in [0.3, 0.4) is 0 Å². The predicted octanol–water partition coefficient (Wildman–Crippen LogP) is 1.21. The van der Waals surface area contributed by atoms with Crippen LogP contribution in [0, 0.1) is 0 Å². The second-order valence-corrected chi connectivity index (χ2v) is 5.34. The second kappa shape index (κ2) is 7.74. The first-order valence-corrected chi connectivity index (χ1v) is 7.52. The molecule has 112 valence electrons. The third-order valence-electron chi connectivity index (χ3n) is 4.07. The van der Waals surface area contributed by atoms with Gasteiger partial charge < -0.3 is 15.2 Å². The molecule has 2 N–H and O–H groups in total. The molecule has 1 atom stereocenters. The van der Waals surface area contributed by atoms with Crippen molar-refractivity contribution < 1.29 is 9.84 Å². The van der Waals surface area contributed by atoms with Gasteiger partial charge in [0.2, 0.25) is 0 Å². The summed E-state index contributed by atoms with van der Waals surface area (Å²) < 4.78 is 5.38. The minimum absolute atomic E-state index is 0.120. The van der Waals surface area contributed by atoms with E-state index in [1.807, 2.05) is 18.2 Å². The number of benzene rings is 1. The molecule has 0 amide bonds. The second-order valence-electron chi connectivity index (χ2n) is 5.34. The van der Waals surface area contributed by atoms with E-state index in [4.69, 9.17) is 4.74 Å².